The largest absolute Gasteiger partial charge is 0.344 e. The van der Waals surface area contributed by atoms with Gasteiger partial charge in [-0.25, -0.2) is 0 Å². The first-order valence-electron chi connectivity index (χ1n) is 7.32. The normalized spacial score (nSPS) is 10.6. The number of anilines is 2. The van der Waals surface area contributed by atoms with Crippen LogP contribution in [-0.2, 0) is 6.54 Å². The standard InChI is InChI=1S/C18H24N2/c1-4-13-19-14-16-10-6-8-12-18(16)20(3)17-11-7-5-9-15(17)2/h5-12,19H,4,13-14H2,1-3H3. The second kappa shape index (κ2) is 7.11. The van der Waals surface area contributed by atoms with Crippen molar-refractivity contribution in [3.05, 3.63) is 59.7 Å². The summed E-state index contributed by atoms with van der Waals surface area (Å²) in [5.41, 5.74) is 5.17. The lowest BCUT2D eigenvalue weighted by atomic mass is 10.1. The predicted octanol–water partition coefficient (Wildman–Crippen LogP) is 4.26. The monoisotopic (exact) mass is 268 g/mol. The van der Waals surface area contributed by atoms with E-state index in [2.05, 4.69) is 79.6 Å². The molecule has 2 aromatic rings. The second-order valence-corrected chi connectivity index (χ2v) is 5.15. The lowest BCUT2D eigenvalue weighted by Crippen LogP contribution is -2.18. The lowest BCUT2D eigenvalue weighted by molar-refractivity contribution is 0.675. The molecule has 106 valence electrons. The fraction of sp³-hybridized carbons (Fsp3) is 0.333. The quantitative estimate of drug-likeness (QED) is 0.787. The molecular weight excluding hydrogens is 244 g/mol. The highest BCUT2D eigenvalue weighted by Crippen LogP contribution is 2.29. The van der Waals surface area contributed by atoms with Gasteiger partial charge in [0, 0.05) is 25.0 Å². The summed E-state index contributed by atoms with van der Waals surface area (Å²) < 4.78 is 0. The number of benzene rings is 2. The first kappa shape index (κ1) is 14.6. The van der Waals surface area contributed by atoms with Crippen LogP contribution in [0.4, 0.5) is 11.4 Å². The summed E-state index contributed by atoms with van der Waals surface area (Å²) in [7, 11) is 2.14. The summed E-state index contributed by atoms with van der Waals surface area (Å²) >= 11 is 0. The van der Waals surface area contributed by atoms with Crippen LogP contribution in [0, 0.1) is 6.92 Å². The highest BCUT2D eigenvalue weighted by atomic mass is 15.1. The van der Waals surface area contributed by atoms with Gasteiger partial charge >= 0.3 is 0 Å². The zero-order valence-corrected chi connectivity index (χ0v) is 12.7. The highest BCUT2D eigenvalue weighted by molar-refractivity contribution is 5.68. The molecule has 0 aliphatic rings. The zero-order valence-electron chi connectivity index (χ0n) is 12.7. The molecule has 0 aromatic heterocycles. The molecule has 0 unspecified atom stereocenters. The molecule has 2 rings (SSSR count). The molecule has 0 aliphatic heterocycles. The molecule has 0 saturated carbocycles. The van der Waals surface area contributed by atoms with E-state index >= 15 is 0 Å². The predicted molar refractivity (Wildman–Crippen MR) is 87.7 cm³/mol. The lowest BCUT2D eigenvalue weighted by Gasteiger charge is -2.24. The molecule has 0 radical (unpaired) electrons. The molecule has 2 nitrogen and oxygen atoms in total. The summed E-state index contributed by atoms with van der Waals surface area (Å²) in [6.45, 7) is 6.32. The average molecular weight is 268 g/mol. The number of para-hydroxylation sites is 2. The Morgan fingerprint density at radius 1 is 0.950 bits per heavy atom. The molecule has 0 atom stereocenters. The number of nitrogens with one attached hydrogen (secondary N) is 1. The SMILES string of the molecule is CCCNCc1ccccc1N(C)c1ccccc1C. The molecule has 0 saturated heterocycles. The van der Waals surface area contributed by atoms with Crippen molar-refractivity contribution in [1.29, 1.82) is 0 Å². The summed E-state index contributed by atoms with van der Waals surface area (Å²) in [5.74, 6) is 0. The van der Waals surface area contributed by atoms with Gasteiger partial charge < -0.3 is 10.2 Å². The Morgan fingerprint density at radius 3 is 2.30 bits per heavy atom. The molecule has 0 bridgehead atoms. The third-order valence-corrected chi connectivity index (χ3v) is 3.57. The second-order valence-electron chi connectivity index (χ2n) is 5.15. The minimum atomic E-state index is 0.917. The van der Waals surface area contributed by atoms with Crippen molar-refractivity contribution >= 4 is 11.4 Å². The van der Waals surface area contributed by atoms with E-state index in [9.17, 15) is 0 Å². The van der Waals surface area contributed by atoms with Crippen LogP contribution >= 0.6 is 0 Å². The van der Waals surface area contributed by atoms with E-state index in [4.69, 9.17) is 0 Å². The van der Waals surface area contributed by atoms with Crippen LogP contribution in [-0.4, -0.2) is 13.6 Å². The van der Waals surface area contributed by atoms with Crippen molar-refractivity contribution in [3.63, 3.8) is 0 Å². The third-order valence-electron chi connectivity index (χ3n) is 3.57. The molecule has 0 fully saturated rings. The van der Waals surface area contributed by atoms with Crippen molar-refractivity contribution in [2.45, 2.75) is 26.8 Å². The van der Waals surface area contributed by atoms with Crippen molar-refractivity contribution in [3.8, 4) is 0 Å². The maximum atomic E-state index is 3.49. The third kappa shape index (κ3) is 3.40. The Balaban J connectivity index is 2.25. The fourth-order valence-electron chi connectivity index (χ4n) is 2.46. The van der Waals surface area contributed by atoms with Crippen LogP contribution in [0.3, 0.4) is 0 Å². The van der Waals surface area contributed by atoms with Gasteiger partial charge in [0.25, 0.3) is 0 Å². The Morgan fingerprint density at radius 2 is 1.60 bits per heavy atom. The Kier molecular flexibility index (Phi) is 5.19. The molecule has 0 aliphatic carbocycles. The highest BCUT2D eigenvalue weighted by Gasteiger charge is 2.10. The molecule has 2 aromatic carbocycles. The van der Waals surface area contributed by atoms with Crippen molar-refractivity contribution in [1.82, 2.24) is 5.32 Å². The van der Waals surface area contributed by atoms with Gasteiger partial charge in [-0.3, -0.25) is 0 Å². The van der Waals surface area contributed by atoms with Gasteiger partial charge in [-0.05, 0) is 43.1 Å². The van der Waals surface area contributed by atoms with Gasteiger partial charge in [0.2, 0.25) is 0 Å². The topological polar surface area (TPSA) is 15.3 Å². The molecule has 0 spiro atoms. The van der Waals surface area contributed by atoms with E-state index in [0.29, 0.717) is 0 Å². The number of hydrogen-bond donors (Lipinski definition) is 1. The molecular formula is C18H24N2. The van der Waals surface area contributed by atoms with Crippen LogP contribution in [0.5, 0.6) is 0 Å². The van der Waals surface area contributed by atoms with E-state index in [1.165, 1.54) is 22.5 Å². The fourth-order valence-corrected chi connectivity index (χ4v) is 2.46. The van der Waals surface area contributed by atoms with Crippen LogP contribution in [0.15, 0.2) is 48.5 Å². The first-order valence-corrected chi connectivity index (χ1v) is 7.32. The van der Waals surface area contributed by atoms with E-state index < -0.39 is 0 Å². The Bertz CT molecular complexity index is 549. The minimum Gasteiger partial charge on any atom is -0.344 e. The summed E-state index contributed by atoms with van der Waals surface area (Å²) in [5, 5.41) is 3.49. The zero-order chi connectivity index (χ0) is 14.4. The van der Waals surface area contributed by atoms with E-state index in [1.807, 2.05) is 0 Å². The molecule has 2 heteroatoms. The maximum absolute atomic E-state index is 3.49. The maximum Gasteiger partial charge on any atom is 0.0453 e. The van der Waals surface area contributed by atoms with E-state index in [-0.39, 0.29) is 0 Å². The van der Waals surface area contributed by atoms with Crippen molar-refractivity contribution in [2.24, 2.45) is 0 Å². The van der Waals surface area contributed by atoms with E-state index in [0.717, 1.165) is 19.5 Å². The van der Waals surface area contributed by atoms with Gasteiger partial charge in [0.05, 0.1) is 0 Å². The van der Waals surface area contributed by atoms with Crippen molar-refractivity contribution < 1.29 is 0 Å². The van der Waals surface area contributed by atoms with Gasteiger partial charge in [-0.1, -0.05) is 43.3 Å². The Hall–Kier alpha value is -1.80. The molecule has 0 amide bonds. The number of nitrogens with zero attached hydrogens (tertiary/aromatic N) is 1. The van der Waals surface area contributed by atoms with Gasteiger partial charge in [-0.2, -0.15) is 0 Å². The smallest absolute Gasteiger partial charge is 0.0453 e. The Labute approximate surface area is 122 Å². The van der Waals surface area contributed by atoms with Gasteiger partial charge in [0.1, 0.15) is 0 Å². The van der Waals surface area contributed by atoms with E-state index in [1.54, 1.807) is 0 Å². The van der Waals surface area contributed by atoms with Crippen LogP contribution in [0.2, 0.25) is 0 Å². The minimum absolute atomic E-state index is 0.917. The van der Waals surface area contributed by atoms with Gasteiger partial charge in [-0.15, -0.1) is 0 Å². The molecule has 20 heavy (non-hydrogen) atoms. The first-order chi connectivity index (χ1) is 9.74. The molecule has 0 heterocycles. The molecule has 1 N–H and O–H groups in total. The van der Waals surface area contributed by atoms with Crippen molar-refractivity contribution in [2.75, 3.05) is 18.5 Å². The van der Waals surface area contributed by atoms with Crippen LogP contribution in [0.25, 0.3) is 0 Å². The summed E-state index contributed by atoms with van der Waals surface area (Å²) in [4.78, 5) is 2.28. The summed E-state index contributed by atoms with van der Waals surface area (Å²) in [6.07, 6.45) is 1.16. The number of hydrogen-bond acceptors (Lipinski definition) is 2. The average Bonchev–Trinajstić information content (AvgIpc) is 2.48. The van der Waals surface area contributed by atoms with Crippen LogP contribution in [0.1, 0.15) is 24.5 Å². The number of rotatable bonds is 6. The summed E-state index contributed by atoms with van der Waals surface area (Å²) in [6, 6.07) is 17.1. The number of aryl methyl sites for hydroxylation is 1. The van der Waals surface area contributed by atoms with Gasteiger partial charge in [0.15, 0.2) is 0 Å². The van der Waals surface area contributed by atoms with Crippen LogP contribution < -0.4 is 10.2 Å².